The smallest absolute Gasteiger partial charge is 0.224 e. The molecular weight excluding hydrogens is 194 g/mol. The number of carbonyl (C=O) groups excluding carboxylic acids is 1. The van der Waals surface area contributed by atoms with Gasteiger partial charge in [-0.15, -0.1) is 0 Å². The van der Waals surface area contributed by atoms with E-state index in [4.69, 9.17) is 12.2 Å². The molecule has 0 saturated heterocycles. The summed E-state index contributed by atoms with van der Waals surface area (Å²) in [5.41, 5.74) is 0.881. The Balaban J connectivity index is 2.55. The van der Waals surface area contributed by atoms with Gasteiger partial charge in [-0.2, -0.15) is 0 Å². The van der Waals surface area contributed by atoms with Crippen molar-refractivity contribution in [3.8, 4) is 0 Å². The van der Waals surface area contributed by atoms with Crippen LogP contribution >= 0.6 is 12.2 Å². The van der Waals surface area contributed by atoms with Crippen LogP contribution in [-0.4, -0.2) is 10.9 Å². The zero-order valence-corrected chi connectivity index (χ0v) is 8.93. The molecule has 0 fully saturated rings. The van der Waals surface area contributed by atoms with Crippen LogP contribution in [0.1, 0.15) is 25.3 Å². The number of hydrogen-bond donors (Lipinski definition) is 1. The van der Waals surface area contributed by atoms with Crippen LogP contribution in [0.25, 0.3) is 0 Å². The Kier molecular flexibility index (Phi) is 4.26. The molecule has 0 aliphatic rings. The summed E-state index contributed by atoms with van der Waals surface area (Å²) in [6, 6.07) is 9.48. The molecule has 14 heavy (non-hydrogen) atoms. The van der Waals surface area contributed by atoms with Crippen LogP contribution < -0.4 is 5.32 Å². The lowest BCUT2D eigenvalue weighted by Crippen LogP contribution is -2.29. The number of nitrogens with one attached hydrogen (secondary N) is 1. The lowest BCUT2D eigenvalue weighted by Gasteiger charge is -2.05. The average molecular weight is 207 g/mol. The molecule has 0 aliphatic carbocycles. The van der Waals surface area contributed by atoms with E-state index in [-0.39, 0.29) is 5.91 Å². The zero-order valence-electron chi connectivity index (χ0n) is 8.12. The van der Waals surface area contributed by atoms with E-state index in [1.54, 1.807) is 0 Å². The van der Waals surface area contributed by atoms with Gasteiger partial charge in [0, 0.05) is 12.0 Å². The minimum Gasteiger partial charge on any atom is -0.317 e. The third kappa shape index (κ3) is 3.26. The van der Waals surface area contributed by atoms with Crippen molar-refractivity contribution in [1.29, 1.82) is 0 Å². The van der Waals surface area contributed by atoms with Gasteiger partial charge in [0.25, 0.3) is 0 Å². The molecule has 0 aromatic heterocycles. The van der Waals surface area contributed by atoms with Gasteiger partial charge < -0.3 is 5.32 Å². The van der Waals surface area contributed by atoms with Crippen LogP contribution in [0.5, 0.6) is 0 Å². The average Bonchev–Trinajstić information content (AvgIpc) is 2.19. The SMILES string of the molecule is CCCC(=O)NC(=S)c1ccccc1. The van der Waals surface area contributed by atoms with Crippen LogP contribution in [0.4, 0.5) is 0 Å². The van der Waals surface area contributed by atoms with Crippen molar-refractivity contribution in [2.75, 3.05) is 0 Å². The molecule has 1 aromatic carbocycles. The van der Waals surface area contributed by atoms with Crippen molar-refractivity contribution >= 4 is 23.1 Å². The fraction of sp³-hybridized carbons (Fsp3) is 0.273. The molecule has 0 saturated carbocycles. The Labute approximate surface area is 89.3 Å². The van der Waals surface area contributed by atoms with Gasteiger partial charge in [-0.1, -0.05) is 49.5 Å². The highest BCUT2D eigenvalue weighted by molar-refractivity contribution is 7.80. The van der Waals surface area contributed by atoms with E-state index in [1.807, 2.05) is 37.3 Å². The first-order valence-corrected chi connectivity index (χ1v) is 5.04. The maximum Gasteiger partial charge on any atom is 0.224 e. The third-order valence-electron chi connectivity index (χ3n) is 1.77. The fourth-order valence-corrected chi connectivity index (χ4v) is 1.33. The monoisotopic (exact) mass is 207 g/mol. The van der Waals surface area contributed by atoms with E-state index < -0.39 is 0 Å². The minimum absolute atomic E-state index is 0.0126. The number of benzene rings is 1. The molecule has 0 aliphatic heterocycles. The first-order valence-electron chi connectivity index (χ1n) is 4.63. The molecule has 1 N–H and O–H groups in total. The summed E-state index contributed by atoms with van der Waals surface area (Å²) in [4.78, 5) is 11.7. The number of carbonyl (C=O) groups is 1. The normalized spacial score (nSPS) is 9.50. The first kappa shape index (κ1) is 10.9. The second kappa shape index (κ2) is 5.50. The van der Waals surface area contributed by atoms with Crippen molar-refractivity contribution in [3.63, 3.8) is 0 Å². The molecule has 0 unspecified atom stereocenters. The Morgan fingerprint density at radius 3 is 2.57 bits per heavy atom. The molecule has 0 radical (unpaired) electrons. The molecule has 2 nitrogen and oxygen atoms in total. The quantitative estimate of drug-likeness (QED) is 0.770. The van der Waals surface area contributed by atoms with Crippen LogP contribution in [0.2, 0.25) is 0 Å². The predicted octanol–water partition coefficient (Wildman–Crippen LogP) is 2.28. The standard InChI is InChI=1S/C11H13NOS/c1-2-6-10(13)12-11(14)9-7-4-3-5-8-9/h3-5,7-8H,2,6H2,1H3,(H,12,13,14). The van der Waals surface area contributed by atoms with Crippen LogP contribution in [0, 0.1) is 0 Å². The lowest BCUT2D eigenvalue weighted by atomic mass is 10.2. The summed E-state index contributed by atoms with van der Waals surface area (Å²) in [6.07, 6.45) is 1.36. The Bertz CT molecular complexity index is 321. The second-order valence-electron chi connectivity index (χ2n) is 2.99. The van der Waals surface area contributed by atoms with Gasteiger partial charge in [-0.25, -0.2) is 0 Å². The molecular formula is C11H13NOS. The van der Waals surface area contributed by atoms with Crippen LogP contribution in [-0.2, 0) is 4.79 Å². The maximum absolute atomic E-state index is 11.2. The fourth-order valence-electron chi connectivity index (χ4n) is 1.08. The summed E-state index contributed by atoms with van der Waals surface area (Å²) in [5, 5.41) is 2.69. The maximum atomic E-state index is 11.2. The topological polar surface area (TPSA) is 29.1 Å². The van der Waals surface area contributed by atoms with Crippen LogP contribution in [0.15, 0.2) is 30.3 Å². The first-order chi connectivity index (χ1) is 6.74. The number of hydrogen-bond acceptors (Lipinski definition) is 2. The summed E-state index contributed by atoms with van der Waals surface area (Å²) in [5.74, 6) is -0.0126. The van der Waals surface area contributed by atoms with E-state index in [1.165, 1.54) is 0 Å². The van der Waals surface area contributed by atoms with E-state index in [0.717, 1.165) is 12.0 Å². The van der Waals surface area contributed by atoms with Gasteiger partial charge in [-0.3, -0.25) is 4.79 Å². The van der Waals surface area contributed by atoms with Crippen molar-refractivity contribution in [2.45, 2.75) is 19.8 Å². The Morgan fingerprint density at radius 1 is 1.36 bits per heavy atom. The van der Waals surface area contributed by atoms with Crippen molar-refractivity contribution in [1.82, 2.24) is 5.32 Å². The van der Waals surface area contributed by atoms with Crippen molar-refractivity contribution in [2.24, 2.45) is 0 Å². The number of rotatable bonds is 3. The van der Waals surface area contributed by atoms with Gasteiger partial charge in [0.1, 0.15) is 4.99 Å². The summed E-state index contributed by atoms with van der Waals surface area (Å²) < 4.78 is 0. The van der Waals surface area contributed by atoms with Gasteiger partial charge >= 0.3 is 0 Å². The van der Waals surface area contributed by atoms with Crippen molar-refractivity contribution in [3.05, 3.63) is 35.9 Å². The highest BCUT2D eigenvalue weighted by Gasteiger charge is 2.04. The molecule has 3 heteroatoms. The molecule has 0 heterocycles. The van der Waals surface area contributed by atoms with Gasteiger partial charge in [0.15, 0.2) is 0 Å². The van der Waals surface area contributed by atoms with Gasteiger partial charge in [0.05, 0.1) is 0 Å². The molecule has 0 bridgehead atoms. The van der Waals surface area contributed by atoms with E-state index in [9.17, 15) is 4.79 Å². The minimum atomic E-state index is -0.0126. The highest BCUT2D eigenvalue weighted by atomic mass is 32.1. The third-order valence-corrected chi connectivity index (χ3v) is 2.10. The molecule has 0 atom stereocenters. The molecule has 1 rings (SSSR count). The highest BCUT2D eigenvalue weighted by Crippen LogP contribution is 1.99. The molecule has 0 spiro atoms. The Morgan fingerprint density at radius 2 is 2.00 bits per heavy atom. The van der Waals surface area contributed by atoms with Crippen LogP contribution in [0.3, 0.4) is 0 Å². The van der Waals surface area contributed by atoms with E-state index >= 15 is 0 Å². The van der Waals surface area contributed by atoms with E-state index in [2.05, 4.69) is 5.32 Å². The summed E-state index contributed by atoms with van der Waals surface area (Å²) in [6.45, 7) is 1.96. The molecule has 1 amide bonds. The lowest BCUT2D eigenvalue weighted by molar-refractivity contribution is -0.119. The number of amides is 1. The Hall–Kier alpha value is -1.22. The predicted molar refractivity (Wildman–Crippen MR) is 61.2 cm³/mol. The molecule has 1 aromatic rings. The van der Waals surface area contributed by atoms with E-state index in [0.29, 0.717) is 11.4 Å². The molecule has 74 valence electrons. The van der Waals surface area contributed by atoms with Gasteiger partial charge in [-0.05, 0) is 6.42 Å². The second-order valence-corrected chi connectivity index (χ2v) is 3.40. The number of thiocarbonyl (C=S) groups is 1. The summed E-state index contributed by atoms with van der Waals surface area (Å²) >= 11 is 5.08. The largest absolute Gasteiger partial charge is 0.317 e. The summed E-state index contributed by atoms with van der Waals surface area (Å²) in [7, 11) is 0. The van der Waals surface area contributed by atoms with Crippen molar-refractivity contribution < 1.29 is 4.79 Å². The zero-order chi connectivity index (χ0) is 10.4. The van der Waals surface area contributed by atoms with Gasteiger partial charge in [0.2, 0.25) is 5.91 Å².